The van der Waals surface area contributed by atoms with E-state index in [1.807, 2.05) is 18.2 Å². The molecule has 1 aliphatic carbocycles. The molecule has 1 fully saturated rings. The van der Waals surface area contributed by atoms with Gasteiger partial charge >= 0.3 is 0 Å². The molecular formula is C18H24N2O. The number of benzene rings is 1. The van der Waals surface area contributed by atoms with Gasteiger partial charge in [-0.3, -0.25) is 9.69 Å². The van der Waals surface area contributed by atoms with E-state index in [0.717, 1.165) is 6.54 Å². The minimum Gasteiger partial charge on any atom is -0.344 e. The molecule has 21 heavy (non-hydrogen) atoms. The lowest BCUT2D eigenvalue weighted by molar-refractivity contribution is -0.122. The van der Waals surface area contributed by atoms with Gasteiger partial charge in [0.2, 0.25) is 5.91 Å². The highest BCUT2D eigenvalue weighted by atomic mass is 16.2. The molecule has 112 valence electrons. The van der Waals surface area contributed by atoms with Crippen molar-refractivity contribution < 1.29 is 4.79 Å². The smallest absolute Gasteiger partial charge is 0.234 e. The highest BCUT2D eigenvalue weighted by Gasteiger charge is 2.23. The second-order valence-corrected chi connectivity index (χ2v) is 5.66. The zero-order valence-electron chi connectivity index (χ0n) is 12.6. The van der Waals surface area contributed by atoms with E-state index in [1.54, 1.807) is 0 Å². The summed E-state index contributed by atoms with van der Waals surface area (Å²) in [4.78, 5) is 14.3. The summed E-state index contributed by atoms with van der Waals surface area (Å²) >= 11 is 0. The molecule has 1 amide bonds. The Morgan fingerprint density at radius 3 is 2.62 bits per heavy atom. The van der Waals surface area contributed by atoms with Crippen LogP contribution in [0.2, 0.25) is 0 Å². The SMILES string of the molecule is C#CCNC(=O)CN(Cc1ccccc1)C1CCCCC1. The summed E-state index contributed by atoms with van der Waals surface area (Å²) < 4.78 is 0. The van der Waals surface area contributed by atoms with E-state index >= 15 is 0 Å². The molecule has 0 heterocycles. The summed E-state index contributed by atoms with van der Waals surface area (Å²) in [5.74, 6) is 2.47. The fraction of sp³-hybridized carbons (Fsp3) is 0.500. The monoisotopic (exact) mass is 284 g/mol. The largest absolute Gasteiger partial charge is 0.344 e. The van der Waals surface area contributed by atoms with E-state index < -0.39 is 0 Å². The fourth-order valence-corrected chi connectivity index (χ4v) is 2.97. The molecule has 1 aromatic carbocycles. The summed E-state index contributed by atoms with van der Waals surface area (Å²) in [5, 5.41) is 2.77. The van der Waals surface area contributed by atoms with Gasteiger partial charge in [-0.1, -0.05) is 55.5 Å². The first-order chi connectivity index (χ1) is 10.3. The number of hydrogen-bond acceptors (Lipinski definition) is 2. The third-order valence-electron chi connectivity index (χ3n) is 4.05. The number of nitrogens with zero attached hydrogens (tertiary/aromatic N) is 1. The minimum atomic E-state index is 0.0226. The van der Waals surface area contributed by atoms with Crippen LogP contribution in [0.4, 0.5) is 0 Å². The summed E-state index contributed by atoms with van der Waals surface area (Å²) in [7, 11) is 0. The van der Waals surface area contributed by atoms with E-state index in [-0.39, 0.29) is 5.91 Å². The molecule has 1 N–H and O–H groups in total. The highest BCUT2D eigenvalue weighted by Crippen LogP contribution is 2.23. The molecule has 0 spiro atoms. The first-order valence-corrected chi connectivity index (χ1v) is 7.77. The zero-order valence-corrected chi connectivity index (χ0v) is 12.6. The molecular weight excluding hydrogens is 260 g/mol. The number of terminal acetylenes is 1. The predicted molar refractivity (Wildman–Crippen MR) is 85.6 cm³/mol. The van der Waals surface area contributed by atoms with Gasteiger partial charge in [0.05, 0.1) is 13.1 Å². The molecule has 1 aromatic rings. The van der Waals surface area contributed by atoms with Gasteiger partial charge in [-0.05, 0) is 18.4 Å². The molecule has 0 aromatic heterocycles. The Morgan fingerprint density at radius 2 is 1.95 bits per heavy atom. The maximum Gasteiger partial charge on any atom is 0.234 e. The van der Waals surface area contributed by atoms with Crippen molar-refractivity contribution in [3.63, 3.8) is 0 Å². The van der Waals surface area contributed by atoms with Crippen LogP contribution in [-0.4, -0.2) is 29.9 Å². The van der Waals surface area contributed by atoms with Crippen molar-refractivity contribution >= 4 is 5.91 Å². The van der Waals surface area contributed by atoms with Crippen LogP contribution in [0.1, 0.15) is 37.7 Å². The van der Waals surface area contributed by atoms with Crippen LogP contribution < -0.4 is 5.32 Å². The van der Waals surface area contributed by atoms with Gasteiger partial charge in [0, 0.05) is 12.6 Å². The number of hydrogen-bond donors (Lipinski definition) is 1. The lowest BCUT2D eigenvalue weighted by atomic mass is 9.94. The van der Waals surface area contributed by atoms with Crippen molar-refractivity contribution in [1.82, 2.24) is 10.2 Å². The molecule has 0 atom stereocenters. The lowest BCUT2D eigenvalue weighted by Gasteiger charge is -2.33. The number of carbonyl (C=O) groups excluding carboxylic acids is 1. The van der Waals surface area contributed by atoms with Gasteiger partial charge < -0.3 is 5.32 Å². The van der Waals surface area contributed by atoms with Crippen molar-refractivity contribution in [2.24, 2.45) is 0 Å². The Morgan fingerprint density at radius 1 is 1.24 bits per heavy atom. The van der Waals surface area contributed by atoms with Crippen molar-refractivity contribution in [1.29, 1.82) is 0 Å². The number of carbonyl (C=O) groups is 1. The van der Waals surface area contributed by atoms with Gasteiger partial charge in [0.25, 0.3) is 0 Å². The molecule has 0 saturated heterocycles. The third kappa shape index (κ3) is 5.24. The Kier molecular flexibility index (Phi) is 6.30. The van der Waals surface area contributed by atoms with E-state index in [0.29, 0.717) is 19.1 Å². The molecule has 0 aliphatic heterocycles. The van der Waals surface area contributed by atoms with E-state index in [1.165, 1.54) is 37.7 Å². The standard InChI is InChI=1S/C18H24N2O/c1-2-13-19-18(21)15-20(17-11-7-4-8-12-17)14-16-9-5-3-6-10-16/h1,3,5-6,9-10,17H,4,7-8,11-15H2,(H,19,21). The molecule has 0 radical (unpaired) electrons. The average molecular weight is 284 g/mol. The summed E-state index contributed by atoms with van der Waals surface area (Å²) in [6.45, 7) is 1.57. The van der Waals surface area contributed by atoms with Crippen LogP contribution in [0.15, 0.2) is 30.3 Å². The Hall–Kier alpha value is -1.79. The van der Waals surface area contributed by atoms with Crippen LogP contribution in [0.5, 0.6) is 0 Å². The first-order valence-electron chi connectivity index (χ1n) is 7.77. The minimum absolute atomic E-state index is 0.0226. The van der Waals surface area contributed by atoms with Crippen LogP contribution in [0, 0.1) is 12.3 Å². The van der Waals surface area contributed by atoms with Crippen molar-refractivity contribution in [3.8, 4) is 12.3 Å². The van der Waals surface area contributed by atoms with Gasteiger partial charge in [0.1, 0.15) is 0 Å². The molecule has 0 bridgehead atoms. The van der Waals surface area contributed by atoms with Crippen LogP contribution >= 0.6 is 0 Å². The zero-order chi connectivity index (χ0) is 14.9. The van der Waals surface area contributed by atoms with E-state index in [2.05, 4.69) is 28.3 Å². The van der Waals surface area contributed by atoms with Gasteiger partial charge in [0.15, 0.2) is 0 Å². The fourth-order valence-electron chi connectivity index (χ4n) is 2.97. The Labute approximate surface area is 127 Å². The summed E-state index contributed by atoms with van der Waals surface area (Å²) in [6, 6.07) is 10.9. The maximum absolute atomic E-state index is 12.0. The maximum atomic E-state index is 12.0. The number of amides is 1. The van der Waals surface area contributed by atoms with Crippen LogP contribution in [-0.2, 0) is 11.3 Å². The molecule has 1 aliphatic rings. The predicted octanol–water partition coefficient (Wildman–Crippen LogP) is 2.57. The lowest BCUT2D eigenvalue weighted by Crippen LogP contribution is -2.43. The topological polar surface area (TPSA) is 32.3 Å². The van der Waals surface area contributed by atoms with Crippen LogP contribution in [0.25, 0.3) is 0 Å². The summed E-state index contributed by atoms with van der Waals surface area (Å²) in [6.07, 6.45) is 11.4. The molecule has 1 saturated carbocycles. The Bertz CT molecular complexity index is 472. The quantitative estimate of drug-likeness (QED) is 0.814. The molecule has 3 nitrogen and oxygen atoms in total. The third-order valence-corrected chi connectivity index (χ3v) is 4.05. The highest BCUT2D eigenvalue weighted by molar-refractivity contribution is 5.78. The van der Waals surface area contributed by atoms with Crippen LogP contribution in [0.3, 0.4) is 0 Å². The van der Waals surface area contributed by atoms with E-state index in [4.69, 9.17) is 6.42 Å². The van der Waals surface area contributed by atoms with E-state index in [9.17, 15) is 4.79 Å². The Balaban J connectivity index is 1.99. The average Bonchev–Trinajstić information content (AvgIpc) is 2.54. The second kappa shape index (κ2) is 8.49. The second-order valence-electron chi connectivity index (χ2n) is 5.66. The van der Waals surface area contributed by atoms with Gasteiger partial charge in [-0.2, -0.15) is 0 Å². The van der Waals surface area contributed by atoms with Crippen molar-refractivity contribution in [3.05, 3.63) is 35.9 Å². The summed E-state index contributed by atoms with van der Waals surface area (Å²) in [5.41, 5.74) is 1.26. The normalized spacial score (nSPS) is 15.6. The molecule has 3 heteroatoms. The van der Waals surface area contributed by atoms with Crippen molar-refractivity contribution in [2.75, 3.05) is 13.1 Å². The van der Waals surface area contributed by atoms with Crippen molar-refractivity contribution in [2.45, 2.75) is 44.7 Å². The number of nitrogens with one attached hydrogen (secondary N) is 1. The number of rotatable bonds is 6. The van der Waals surface area contributed by atoms with Gasteiger partial charge in [-0.15, -0.1) is 6.42 Å². The first kappa shape index (κ1) is 15.6. The molecule has 2 rings (SSSR count). The van der Waals surface area contributed by atoms with Gasteiger partial charge in [-0.25, -0.2) is 0 Å². The molecule has 0 unspecified atom stereocenters.